The molecule has 1 N–H and O–H groups in total. The summed E-state index contributed by atoms with van der Waals surface area (Å²) < 4.78 is 33.8. The summed E-state index contributed by atoms with van der Waals surface area (Å²) in [5.41, 5.74) is 1.38. The van der Waals surface area contributed by atoms with Crippen molar-refractivity contribution in [1.82, 2.24) is 14.8 Å². The van der Waals surface area contributed by atoms with E-state index in [0.717, 1.165) is 21.2 Å². The minimum absolute atomic E-state index is 0.0369. The van der Waals surface area contributed by atoms with E-state index in [1.807, 2.05) is 6.92 Å². The molecule has 0 unspecified atom stereocenters. The van der Waals surface area contributed by atoms with Gasteiger partial charge in [-0.15, -0.1) is 0 Å². The lowest BCUT2D eigenvalue weighted by atomic mass is 10.2. The second-order valence-corrected chi connectivity index (χ2v) is 10.6. The number of rotatable bonds is 7. The fourth-order valence-electron chi connectivity index (χ4n) is 3.02. The van der Waals surface area contributed by atoms with Crippen molar-refractivity contribution < 1.29 is 22.7 Å². The average molecular weight is 492 g/mol. The minimum atomic E-state index is -3.94. The number of nitrogens with zero attached hydrogens (tertiary/aromatic N) is 4. The van der Waals surface area contributed by atoms with Crippen molar-refractivity contribution in [3.05, 3.63) is 52.2 Å². The number of nitrogens with one attached hydrogen (secondary N) is 1. The second kappa shape index (κ2) is 9.32. The predicted octanol–water partition coefficient (Wildman–Crippen LogP) is 3.14. The van der Waals surface area contributed by atoms with Gasteiger partial charge in [0.05, 0.1) is 22.9 Å². The van der Waals surface area contributed by atoms with Gasteiger partial charge in [0.1, 0.15) is 10.4 Å². The van der Waals surface area contributed by atoms with Crippen molar-refractivity contribution in [1.29, 1.82) is 0 Å². The first-order valence-corrected chi connectivity index (χ1v) is 12.2. The summed E-state index contributed by atoms with van der Waals surface area (Å²) in [7, 11) is -1.04. The molecule has 10 nitrogen and oxygen atoms in total. The fourth-order valence-corrected chi connectivity index (χ4v) is 5.10. The van der Waals surface area contributed by atoms with Crippen molar-refractivity contribution in [2.24, 2.45) is 7.05 Å². The minimum Gasteiger partial charge on any atom is -0.459 e. The normalized spacial score (nSPS) is 11.5. The Morgan fingerprint density at radius 1 is 1.18 bits per heavy atom. The summed E-state index contributed by atoms with van der Waals surface area (Å²) in [5.74, 6) is -1.05. The van der Waals surface area contributed by atoms with E-state index in [2.05, 4.69) is 15.4 Å². The summed E-state index contributed by atoms with van der Waals surface area (Å²) in [6.45, 7) is 6.97. The third-order valence-corrected chi connectivity index (χ3v) is 7.49. The van der Waals surface area contributed by atoms with E-state index in [9.17, 15) is 18.0 Å². The van der Waals surface area contributed by atoms with Crippen LogP contribution in [0.1, 0.15) is 45.1 Å². The number of carbonyl (C=O) groups excluding carboxylic acids is 2. The first-order valence-electron chi connectivity index (χ1n) is 9.99. The molecule has 1 aromatic carbocycles. The number of carbonyl (C=O) groups is 2. The van der Waals surface area contributed by atoms with Crippen molar-refractivity contribution in [3.63, 3.8) is 0 Å². The van der Waals surface area contributed by atoms with Crippen LogP contribution in [-0.4, -0.2) is 48.2 Å². The predicted molar refractivity (Wildman–Crippen MR) is 125 cm³/mol. The topological polar surface area (TPSA) is 123 Å². The molecule has 0 spiro atoms. The van der Waals surface area contributed by atoms with E-state index in [4.69, 9.17) is 4.74 Å². The molecule has 0 radical (unpaired) electrons. The highest BCUT2D eigenvalue weighted by Crippen LogP contribution is 2.28. The van der Waals surface area contributed by atoms with Gasteiger partial charge in [-0.25, -0.2) is 18.2 Å². The lowest BCUT2D eigenvalue weighted by Crippen LogP contribution is -2.30. The number of hydrogen-bond acceptors (Lipinski definition) is 8. The van der Waals surface area contributed by atoms with Gasteiger partial charge in [-0.1, -0.05) is 29.0 Å². The fraction of sp³-hybridized carbons (Fsp3) is 0.333. The molecule has 1 amide bonds. The Balaban J connectivity index is 1.88. The average Bonchev–Trinajstić information content (AvgIpc) is 3.29. The first-order chi connectivity index (χ1) is 15.4. The van der Waals surface area contributed by atoms with E-state index >= 15 is 0 Å². The highest BCUT2D eigenvalue weighted by Gasteiger charge is 2.29. The molecule has 33 heavy (non-hydrogen) atoms. The Labute approximate surface area is 196 Å². The van der Waals surface area contributed by atoms with Crippen LogP contribution in [0.3, 0.4) is 0 Å². The summed E-state index contributed by atoms with van der Waals surface area (Å²) in [5, 5.41) is 6.87. The Bertz CT molecular complexity index is 1290. The maximum absolute atomic E-state index is 13.1. The number of hydrogen-bond donors (Lipinski definition) is 1. The van der Waals surface area contributed by atoms with Crippen molar-refractivity contribution in [2.75, 3.05) is 16.7 Å². The number of aromatic nitrogens is 3. The molecule has 0 atom stereocenters. The van der Waals surface area contributed by atoms with Gasteiger partial charge in [-0.3, -0.25) is 19.1 Å². The van der Waals surface area contributed by atoms with E-state index in [-0.39, 0.29) is 32.4 Å². The Kier molecular flexibility index (Phi) is 6.89. The Hall–Kier alpha value is -3.25. The maximum atomic E-state index is 13.1. The molecule has 0 fully saturated rings. The molecule has 3 rings (SSSR count). The molecule has 3 aromatic rings. The van der Waals surface area contributed by atoms with Gasteiger partial charge in [0.25, 0.3) is 15.9 Å². The number of ether oxygens (including phenoxy) is 1. The third-order valence-electron chi connectivity index (χ3n) is 4.67. The van der Waals surface area contributed by atoms with E-state index in [1.165, 1.54) is 30.1 Å². The summed E-state index contributed by atoms with van der Waals surface area (Å²) in [6, 6.07) is 6.41. The van der Waals surface area contributed by atoms with Gasteiger partial charge in [0.2, 0.25) is 0 Å². The monoisotopic (exact) mass is 491 g/mol. The Morgan fingerprint density at radius 2 is 1.82 bits per heavy atom. The van der Waals surface area contributed by atoms with Gasteiger partial charge >= 0.3 is 5.97 Å². The molecule has 0 aliphatic carbocycles. The lowest BCUT2D eigenvalue weighted by Gasteiger charge is -2.20. The zero-order chi connectivity index (χ0) is 24.5. The van der Waals surface area contributed by atoms with Crippen LogP contribution in [0.5, 0.6) is 0 Å². The number of aryl methyl sites for hydroxylation is 3. The van der Waals surface area contributed by atoms with Crippen LogP contribution in [0.4, 0.5) is 10.9 Å². The van der Waals surface area contributed by atoms with Crippen LogP contribution >= 0.6 is 11.3 Å². The molecule has 0 aliphatic heterocycles. The van der Waals surface area contributed by atoms with Gasteiger partial charge in [-0.05, 0) is 39.8 Å². The van der Waals surface area contributed by atoms with Gasteiger partial charge in [0, 0.05) is 14.1 Å². The molecule has 0 saturated heterocycles. The van der Waals surface area contributed by atoms with Crippen molar-refractivity contribution >= 4 is 44.2 Å². The molecule has 12 heteroatoms. The highest BCUT2D eigenvalue weighted by atomic mass is 32.2. The van der Waals surface area contributed by atoms with E-state index in [1.54, 1.807) is 40.0 Å². The number of sulfonamides is 1. The molecule has 2 aromatic heterocycles. The van der Waals surface area contributed by atoms with Crippen LogP contribution in [0.25, 0.3) is 0 Å². The molecule has 0 aliphatic rings. The first kappa shape index (κ1) is 24.4. The summed E-state index contributed by atoms with van der Waals surface area (Å²) in [4.78, 5) is 29.8. The van der Waals surface area contributed by atoms with Crippen LogP contribution in [0, 0.1) is 13.8 Å². The lowest BCUT2D eigenvalue weighted by molar-refractivity contribution is 0.0382. The number of esters is 1. The highest BCUT2D eigenvalue weighted by molar-refractivity contribution is 7.92. The van der Waals surface area contributed by atoms with Crippen LogP contribution in [-0.2, 0) is 21.8 Å². The SMILES string of the molecule is Cc1ccc(S(=O)(=O)N(C)c2c(C(=O)Nc3nc(C)c(C(=O)OC(C)C)s3)cnn2C)cc1. The standard InChI is InChI=1S/C21H25N5O5S2/c1-12(2)31-20(28)17-14(4)23-21(32-17)24-18(27)16-11-22-25(5)19(16)26(6)33(29,30)15-9-7-13(3)8-10-15/h7-12H,1-6H3,(H,23,24,27). The summed E-state index contributed by atoms with van der Waals surface area (Å²) >= 11 is 0.981. The molecule has 2 heterocycles. The number of anilines is 2. The maximum Gasteiger partial charge on any atom is 0.350 e. The van der Waals surface area contributed by atoms with Crippen molar-refractivity contribution in [2.45, 2.75) is 38.7 Å². The van der Waals surface area contributed by atoms with Crippen LogP contribution in [0.2, 0.25) is 0 Å². The molecule has 0 saturated carbocycles. The Morgan fingerprint density at radius 3 is 2.42 bits per heavy atom. The zero-order valence-electron chi connectivity index (χ0n) is 19.1. The second-order valence-electron chi connectivity index (χ2n) is 7.63. The molecular formula is C21H25N5O5S2. The van der Waals surface area contributed by atoms with E-state index < -0.39 is 21.9 Å². The van der Waals surface area contributed by atoms with E-state index in [0.29, 0.717) is 5.69 Å². The molecule has 176 valence electrons. The zero-order valence-corrected chi connectivity index (χ0v) is 20.7. The largest absolute Gasteiger partial charge is 0.459 e. The van der Waals surface area contributed by atoms with Crippen LogP contribution in [0.15, 0.2) is 35.4 Å². The summed E-state index contributed by atoms with van der Waals surface area (Å²) in [6.07, 6.45) is 0.987. The number of amides is 1. The van der Waals surface area contributed by atoms with Gasteiger partial charge in [-0.2, -0.15) is 5.10 Å². The quantitative estimate of drug-likeness (QED) is 0.504. The van der Waals surface area contributed by atoms with Crippen molar-refractivity contribution in [3.8, 4) is 0 Å². The number of benzene rings is 1. The smallest absolute Gasteiger partial charge is 0.350 e. The van der Waals surface area contributed by atoms with Crippen LogP contribution < -0.4 is 9.62 Å². The molecular weight excluding hydrogens is 466 g/mol. The third kappa shape index (κ3) is 5.06. The molecule has 0 bridgehead atoms. The van der Waals surface area contributed by atoms with Gasteiger partial charge < -0.3 is 4.74 Å². The number of thiazole rings is 1. The van der Waals surface area contributed by atoms with Gasteiger partial charge in [0.15, 0.2) is 10.9 Å².